The first-order valence-electron chi connectivity index (χ1n) is 10.6. The van der Waals surface area contributed by atoms with Crippen molar-refractivity contribution in [3.63, 3.8) is 0 Å². The molecule has 168 valence electrons. The first-order valence-corrected chi connectivity index (χ1v) is 12.0. The van der Waals surface area contributed by atoms with Crippen molar-refractivity contribution in [3.05, 3.63) is 23.8 Å². The monoisotopic (exact) mass is 439 g/mol. The Morgan fingerprint density at radius 2 is 1.83 bits per heavy atom. The quantitative estimate of drug-likeness (QED) is 0.702. The summed E-state index contributed by atoms with van der Waals surface area (Å²) >= 11 is 0. The van der Waals surface area contributed by atoms with Crippen molar-refractivity contribution < 1.29 is 22.7 Å². The average molecular weight is 440 g/mol. The van der Waals surface area contributed by atoms with Gasteiger partial charge in [-0.15, -0.1) is 0 Å². The van der Waals surface area contributed by atoms with E-state index in [2.05, 4.69) is 12.2 Å². The zero-order valence-corrected chi connectivity index (χ0v) is 18.9. The largest absolute Gasteiger partial charge is 0.493 e. The number of rotatable bonds is 7. The summed E-state index contributed by atoms with van der Waals surface area (Å²) in [5.74, 6) is 1.27. The van der Waals surface area contributed by atoms with Gasteiger partial charge in [-0.05, 0) is 37.7 Å². The summed E-state index contributed by atoms with van der Waals surface area (Å²) in [5.41, 5.74) is 0.813. The highest BCUT2D eigenvalue weighted by Crippen LogP contribution is 2.31. The minimum Gasteiger partial charge on any atom is -0.493 e. The number of piperidine rings is 2. The summed E-state index contributed by atoms with van der Waals surface area (Å²) in [5, 5.41) is 2.94. The molecular formula is C21H33N3O5S. The van der Waals surface area contributed by atoms with Crippen molar-refractivity contribution in [3.8, 4) is 11.5 Å². The van der Waals surface area contributed by atoms with E-state index in [1.807, 2.05) is 12.1 Å². The predicted octanol–water partition coefficient (Wildman–Crippen LogP) is 2.01. The van der Waals surface area contributed by atoms with Gasteiger partial charge in [-0.25, -0.2) is 0 Å². The van der Waals surface area contributed by atoms with Crippen LogP contribution in [0.4, 0.5) is 0 Å². The molecule has 2 heterocycles. The third-order valence-corrected chi connectivity index (χ3v) is 8.09. The van der Waals surface area contributed by atoms with Gasteiger partial charge in [0.15, 0.2) is 11.5 Å². The van der Waals surface area contributed by atoms with Gasteiger partial charge >= 0.3 is 0 Å². The van der Waals surface area contributed by atoms with Gasteiger partial charge in [0.1, 0.15) is 0 Å². The van der Waals surface area contributed by atoms with Crippen molar-refractivity contribution >= 4 is 16.1 Å². The fourth-order valence-corrected chi connectivity index (χ4v) is 5.89. The Bertz CT molecular complexity index is 837. The van der Waals surface area contributed by atoms with Crippen LogP contribution < -0.4 is 14.8 Å². The summed E-state index contributed by atoms with van der Waals surface area (Å²) in [4.78, 5) is 12.8. The summed E-state index contributed by atoms with van der Waals surface area (Å²) in [6.07, 6.45) is 3.15. The smallest absolute Gasteiger partial charge is 0.281 e. The Hall–Kier alpha value is -1.84. The van der Waals surface area contributed by atoms with Gasteiger partial charge in [-0.3, -0.25) is 4.79 Å². The van der Waals surface area contributed by atoms with Crippen molar-refractivity contribution in [2.45, 2.75) is 39.2 Å². The van der Waals surface area contributed by atoms with Gasteiger partial charge in [0.2, 0.25) is 5.91 Å². The Kier molecular flexibility index (Phi) is 7.60. The Morgan fingerprint density at radius 3 is 2.50 bits per heavy atom. The van der Waals surface area contributed by atoms with E-state index in [0.717, 1.165) is 18.4 Å². The SMILES string of the molecule is COc1cccc(CNC(=O)[C@H]2CCCN(S(=O)(=O)N3CCC(C)CC3)C2)c1OC. The molecule has 2 saturated heterocycles. The van der Waals surface area contributed by atoms with Crippen LogP contribution in [0.1, 0.15) is 38.2 Å². The summed E-state index contributed by atoms with van der Waals surface area (Å²) in [6.45, 7) is 4.28. The molecule has 0 unspecified atom stereocenters. The molecule has 2 fully saturated rings. The molecule has 1 amide bonds. The number of ether oxygens (including phenoxy) is 2. The average Bonchev–Trinajstić information content (AvgIpc) is 2.77. The molecule has 0 aromatic heterocycles. The normalized spacial score (nSPS) is 21.9. The molecule has 2 aliphatic rings. The maximum Gasteiger partial charge on any atom is 0.281 e. The lowest BCUT2D eigenvalue weighted by Crippen LogP contribution is -2.52. The van der Waals surface area contributed by atoms with E-state index in [1.54, 1.807) is 24.6 Å². The molecule has 0 aliphatic carbocycles. The van der Waals surface area contributed by atoms with Crippen molar-refractivity contribution in [1.29, 1.82) is 0 Å². The van der Waals surface area contributed by atoms with Gasteiger partial charge in [-0.2, -0.15) is 17.0 Å². The number of hydrogen-bond donors (Lipinski definition) is 1. The van der Waals surface area contributed by atoms with Crippen LogP contribution in [0.25, 0.3) is 0 Å². The highest BCUT2D eigenvalue weighted by atomic mass is 32.2. The molecule has 0 saturated carbocycles. The minimum atomic E-state index is -3.51. The number of nitrogens with zero attached hydrogens (tertiary/aromatic N) is 2. The van der Waals surface area contributed by atoms with Crippen LogP contribution in [-0.4, -0.2) is 63.3 Å². The molecular weight excluding hydrogens is 406 g/mol. The molecule has 30 heavy (non-hydrogen) atoms. The van der Waals surface area contributed by atoms with Crippen LogP contribution in [0.15, 0.2) is 18.2 Å². The third-order valence-electron chi connectivity index (χ3n) is 6.09. The van der Waals surface area contributed by atoms with Crippen molar-refractivity contribution in [2.75, 3.05) is 40.4 Å². The van der Waals surface area contributed by atoms with Crippen LogP contribution in [-0.2, 0) is 21.5 Å². The first-order chi connectivity index (χ1) is 14.4. The van der Waals surface area contributed by atoms with Crippen molar-refractivity contribution in [1.82, 2.24) is 13.9 Å². The first kappa shape index (κ1) is 22.8. The van der Waals surface area contributed by atoms with Gasteiger partial charge in [0, 0.05) is 38.3 Å². The molecule has 1 atom stereocenters. The second-order valence-electron chi connectivity index (χ2n) is 8.16. The number of hydrogen-bond acceptors (Lipinski definition) is 5. The lowest BCUT2D eigenvalue weighted by molar-refractivity contribution is -0.126. The van der Waals surface area contributed by atoms with Crippen molar-refractivity contribution in [2.24, 2.45) is 11.8 Å². The number of carbonyl (C=O) groups is 1. The standard InChI is InChI=1S/C21H33N3O5S/c1-16-9-12-23(13-10-16)30(26,27)24-11-5-7-18(15-24)21(25)22-14-17-6-4-8-19(28-2)20(17)29-3/h4,6,8,16,18H,5,7,9-15H2,1-3H3,(H,22,25)/t18-/m0/s1. The fourth-order valence-electron chi connectivity index (χ4n) is 4.16. The highest BCUT2D eigenvalue weighted by molar-refractivity contribution is 7.86. The fraction of sp³-hybridized carbons (Fsp3) is 0.667. The van der Waals surface area contributed by atoms with Crippen LogP contribution >= 0.6 is 0 Å². The van der Waals surface area contributed by atoms with Gasteiger partial charge in [0.25, 0.3) is 10.2 Å². The van der Waals surface area contributed by atoms with Gasteiger partial charge < -0.3 is 14.8 Å². The molecule has 0 radical (unpaired) electrons. The second kappa shape index (κ2) is 9.98. The predicted molar refractivity (Wildman–Crippen MR) is 115 cm³/mol. The van der Waals surface area contributed by atoms with E-state index in [1.165, 1.54) is 4.31 Å². The number of nitrogens with one attached hydrogen (secondary N) is 1. The molecule has 2 aliphatic heterocycles. The maximum atomic E-state index is 13.0. The Morgan fingerprint density at radius 1 is 1.10 bits per heavy atom. The molecule has 8 nitrogen and oxygen atoms in total. The van der Waals surface area contributed by atoms with E-state index in [9.17, 15) is 13.2 Å². The van der Waals surface area contributed by atoms with Gasteiger partial charge in [0.05, 0.1) is 20.1 Å². The number of methoxy groups -OCH3 is 2. The number of para-hydroxylation sites is 1. The zero-order valence-electron chi connectivity index (χ0n) is 18.1. The Balaban J connectivity index is 1.61. The zero-order chi connectivity index (χ0) is 21.7. The van der Waals surface area contributed by atoms with Gasteiger partial charge in [-0.1, -0.05) is 19.1 Å². The molecule has 0 bridgehead atoms. The maximum absolute atomic E-state index is 13.0. The lowest BCUT2D eigenvalue weighted by Gasteiger charge is -2.37. The third kappa shape index (κ3) is 5.07. The van der Waals surface area contributed by atoms with Crippen LogP contribution in [0.2, 0.25) is 0 Å². The molecule has 3 rings (SSSR count). The second-order valence-corrected chi connectivity index (χ2v) is 10.1. The topological polar surface area (TPSA) is 88.2 Å². The lowest BCUT2D eigenvalue weighted by atomic mass is 9.98. The number of benzene rings is 1. The molecule has 0 spiro atoms. The summed E-state index contributed by atoms with van der Waals surface area (Å²) in [7, 11) is -0.378. The van der Waals surface area contributed by atoms with Crippen LogP contribution in [0.3, 0.4) is 0 Å². The van der Waals surface area contributed by atoms with E-state index < -0.39 is 10.2 Å². The van der Waals surface area contributed by atoms with Crippen LogP contribution in [0.5, 0.6) is 11.5 Å². The molecule has 9 heteroatoms. The van der Waals surface area contributed by atoms with E-state index in [4.69, 9.17) is 9.47 Å². The Labute approximate surface area is 179 Å². The highest BCUT2D eigenvalue weighted by Gasteiger charge is 2.37. The number of amides is 1. The van der Waals surface area contributed by atoms with E-state index in [-0.39, 0.29) is 18.4 Å². The molecule has 1 aromatic rings. The van der Waals surface area contributed by atoms with Crippen LogP contribution in [0, 0.1) is 11.8 Å². The van der Waals surface area contributed by atoms with E-state index in [0.29, 0.717) is 56.4 Å². The summed E-state index contributed by atoms with van der Waals surface area (Å²) < 4.78 is 39.9. The van der Waals surface area contributed by atoms with E-state index >= 15 is 0 Å². The summed E-state index contributed by atoms with van der Waals surface area (Å²) in [6, 6.07) is 5.52. The number of carbonyl (C=O) groups excluding carboxylic acids is 1. The minimum absolute atomic E-state index is 0.132. The molecule has 1 aromatic carbocycles. The molecule has 1 N–H and O–H groups in total.